The fourth-order valence-electron chi connectivity index (χ4n) is 1.50. The van der Waals surface area contributed by atoms with Crippen LogP contribution in [0.15, 0.2) is 28.7 Å². The van der Waals surface area contributed by atoms with Crippen LogP contribution in [0.5, 0.6) is 5.75 Å². The van der Waals surface area contributed by atoms with Gasteiger partial charge in [-0.3, -0.25) is 4.79 Å². The highest BCUT2D eigenvalue weighted by molar-refractivity contribution is 5.87. The van der Waals surface area contributed by atoms with Gasteiger partial charge in [-0.25, -0.2) is 0 Å². The Kier molecular flexibility index (Phi) is 3.20. The van der Waals surface area contributed by atoms with Crippen molar-refractivity contribution in [1.29, 1.82) is 5.26 Å². The average molecular weight is 244 g/mol. The van der Waals surface area contributed by atoms with Gasteiger partial charge in [0.15, 0.2) is 12.4 Å². The molecule has 1 heterocycles. The summed E-state index contributed by atoms with van der Waals surface area (Å²) in [5, 5.41) is 9.67. The topological polar surface area (TPSA) is 66.5 Å². The first kappa shape index (κ1) is 12.0. The Hall–Kier alpha value is -2.48. The summed E-state index contributed by atoms with van der Waals surface area (Å²) in [6.07, 6.45) is 0. The van der Waals surface area contributed by atoms with Crippen LogP contribution >= 0.6 is 0 Å². The number of nitriles is 1. The third-order valence-corrected chi connectivity index (χ3v) is 2.49. The second-order valence-corrected chi connectivity index (χ2v) is 3.95. The van der Waals surface area contributed by atoms with Gasteiger partial charge in [0.2, 0.25) is 5.76 Å². The third-order valence-electron chi connectivity index (χ3n) is 2.49. The van der Waals surface area contributed by atoms with E-state index in [-0.39, 0.29) is 18.3 Å². The van der Waals surface area contributed by atoms with Gasteiger partial charge in [0.1, 0.15) is 11.7 Å². The molecule has 1 aromatic heterocycles. The summed E-state index contributed by atoms with van der Waals surface area (Å²) >= 11 is 0. The van der Waals surface area contributed by atoms with Gasteiger partial charge in [-0.2, -0.15) is 5.26 Å². The summed E-state index contributed by atoms with van der Waals surface area (Å²) in [5.74, 6) is 0.232. The SMILES string of the molecule is CN(C)C(=O)COc1c(C#N)oc2ccccc12. The first-order chi connectivity index (χ1) is 8.63. The molecule has 5 heteroatoms. The number of nitrogens with zero attached hydrogens (tertiary/aromatic N) is 2. The summed E-state index contributed by atoms with van der Waals surface area (Å²) in [5.41, 5.74) is 0.571. The lowest BCUT2D eigenvalue weighted by molar-refractivity contribution is -0.130. The Bertz CT molecular complexity index is 623. The Labute approximate surface area is 104 Å². The number of amides is 1. The number of furan rings is 1. The first-order valence-corrected chi connectivity index (χ1v) is 5.38. The Morgan fingerprint density at radius 2 is 2.17 bits per heavy atom. The van der Waals surface area contributed by atoms with Crippen LogP contribution in [0.4, 0.5) is 0 Å². The Morgan fingerprint density at radius 3 is 2.83 bits per heavy atom. The van der Waals surface area contributed by atoms with Crippen molar-refractivity contribution < 1.29 is 13.9 Å². The van der Waals surface area contributed by atoms with E-state index in [2.05, 4.69) is 0 Å². The Balaban J connectivity index is 2.32. The lowest BCUT2D eigenvalue weighted by Gasteiger charge is -2.10. The smallest absolute Gasteiger partial charge is 0.259 e. The summed E-state index contributed by atoms with van der Waals surface area (Å²) < 4.78 is 10.7. The minimum atomic E-state index is -0.177. The van der Waals surface area contributed by atoms with Gasteiger partial charge in [-0.05, 0) is 12.1 Å². The molecule has 1 amide bonds. The fraction of sp³-hybridized carbons (Fsp3) is 0.231. The summed E-state index contributed by atoms with van der Waals surface area (Å²) in [4.78, 5) is 12.9. The molecule has 0 saturated carbocycles. The van der Waals surface area contributed by atoms with Crippen molar-refractivity contribution in [3.63, 3.8) is 0 Å². The summed E-state index contributed by atoms with van der Waals surface area (Å²) in [6.45, 7) is -0.120. The van der Waals surface area contributed by atoms with Crippen molar-refractivity contribution in [1.82, 2.24) is 4.90 Å². The predicted octanol–water partition coefficient (Wildman–Crippen LogP) is 1.77. The number of carbonyl (C=O) groups is 1. The molecule has 0 unspecified atom stereocenters. The first-order valence-electron chi connectivity index (χ1n) is 5.38. The van der Waals surface area contributed by atoms with Crippen molar-refractivity contribution in [2.75, 3.05) is 20.7 Å². The van der Waals surface area contributed by atoms with E-state index in [1.54, 1.807) is 26.2 Å². The van der Waals surface area contributed by atoms with Gasteiger partial charge in [0.05, 0.1) is 5.39 Å². The van der Waals surface area contributed by atoms with Crippen molar-refractivity contribution >= 4 is 16.9 Å². The molecular formula is C13H12N2O3. The molecule has 0 N–H and O–H groups in total. The van der Waals surface area contributed by atoms with Gasteiger partial charge in [0.25, 0.3) is 5.91 Å². The highest BCUT2D eigenvalue weighted by Gasteiger charge is 2.16. The number of ether oxygens (including phenoxy) is 1. The van der Waals surface area contributed by atoms with Crippen molar-refractivity contribution in [2.45, 2.75) is 0 Å². The van der Waals surface area contributed by atoms with Crippen LogP contribution in [0.2, 0.25) is 0 Å². The molecule has 5 nitrogen and oxygen atoms in total. The molecule has 1 aromatic carbocycles. The zero-order chi connectivity index (χ0) is 13.1. The molecule has 0 aliphatic rings. The highest BCUT2D eigenvalue weighted by atomic mass is 16.5. The van der Waals surface area contributed by atoms with Crippen molar-refractivity contribution in [3.05, 3.63) is 30.0 Å². The van der Waals surface area contributed by atoms with E-state index in [9.17, 15) is 4.79 Å². The Morgan fingerprint density at radius 1 is 1.44 bits per heavy atom. The van der Waals surface area contributed by atoms with E-state index < -0.39 is 0 Å². The van der Waals surface area contributed by atoms with Crippen LogP contribution in [0.3, 0.4) is 0 Å². The molecule has 18 heavy (non-hydrogen) atoms. The number of benzene rings is 1. The number of likely N-dealkylation sites (N-methyl/N-ethyl adjacent to an activating group) is 1. The van der Waals surface area contributed by atoms with E-state index in [4.69, 9.17) is 14.4 Å². The number of hydrogen-bond donors (Lipinski definition) is 0. The largest absolute Gasteiger partial charge is 0.478 e. The van der Waals surface area contributed by atoms with E-state index in [1.807, 2.05) is 18.2 Å². The highest BCUT2D eigenvalue weighted by Crippen LogP contribution is 2.32. The molecular weight excluding hydrogens is 232 g/mol. The van der Waals surface area contributed by atoms with Crippen LogP contribution in [-0.2, 0) is 4.79 Å². The average Bonchev–Trinajstić information content (AvgIpc) is 2.73. The number of carbonyl (C=O) groups excluding carboxylic acids is 1. The number of rotatable bonds is 3. The van der Waals surface area contributed by atoms with Gasteiger partial charge < -0.3 is 14.1 Å². The van der Waals surface area contributed by atoms with Gasteiger partial charge in [-0.1, -0.05) is 12.1 Å². The van der Waals surface area contributed by atoms with E-state index >= 15 is 0 Å². The second kappa shape index (κ2) is 4.80. The zero-order valence-electron chi connectivity index (χ0n) is 10.1. The molecule has 0 fully saturated rings. The second-order valence-electron chi connectivity index (χ2n) is 3.95. The van der Waals surface area contributed by atoms with Gasteiger partial charge >= 0.3 is 0 Å². The van der Waals surface area contributed by atoms with Crippen LogP contribution in [-0.4, -0.2) is 31.5 Å². The molecule has 2 rings (SSSR count). The number of para-hydroxylation sites is 1. The summed E-state index contributed by atoms with van der Waals surface area (Å²) in [6, 6.07) is 9.08. The maximum Gasteiger partial charge on any atom is 0.259 e. The maximum atomic E-state index is 11.5. The van der Waals surface area contributed by atoms with Crippen LogP contribution in [0, 0.1) is 11.3 Å². The van der Waals surface area contributed by atoms with E-state index in [0.717, 1.165) is 0 Å². The molecule has 2 aromatic rings. The zero-order valence-corrected chi connectivity index (χ0v) is 10.1. The quantitative estimate of drug-likeness (QED) is 0.825. The normalized spacial score (nSPS) is 10.1. The van der Waals surface area contributed by atoms with Crippen LogP contribution in [0.1, 0.15) is 5.76 Å². The lowest BCUT2D eigenvalue weighted by atomic mass is 10.2. The van der Waals surface area contributed by atoms with Gasteiger partial charge in [0, 0.05) is 14.1 Å². The van der Waals surface area contributed by atoms with E-state index in [0.29, 0.717) is 16.7 Å². The van der Waals surface area contributed by atoms with Crippen molar-refractivity contribution in [2.24, 2.45) is 0 Å². The molecule has 0 spiro atoms. The monoisotopic (exact) mass is 244 g/mol. The predicted molar refractivity (Wildman–Crippen MR) is 65.1 cm³/mol. The third kappa shape index (κ3) is 2.13. The molecule has 0 bridgehead atoms. The minimum Gasteiger partial charge on any atom is -0.478 e. The van der Waals surface area contributed by atoms with E-state index in [1.165, 1.54) is 4.90 Å². The maximum absolute atomic E-state index is 11.5. The molecule has 0 aliphatic carbocycles. The number of hydrogen-bond acceptors (Lipinski definition) is 4. The number of fused-ring (bicyclic) bond motifs is 1. The van der Waals surface area contributed by atoms with Crippen LogP contribution < -0.4 is 4.74 Å². The summed E-state index contributed by atoms with van der Waals surface area (Å²) in [7, 11) is 3.29. The fourth-order valence-corrected chi connectivity index (χ4v) is 1.50. The molecule has 0 saturated heterocycles. The van der Waals surface area contributed by atoms with Crippen molar-refractivity contribution in [3.8, 4) is 11.8 Å². The van der Waals surface area contributed by atoms with Crippen LogP contribution in [0.25, 0.3) is 11.0 Å². The standard InChI is InChI=1S/C13H12N2O3/c1-15(2)12(16)8-17-13-9-5-3-4-6-10(9)18-11(13)7-14/h3-6H,8H2,1-2H3. The minimum absolute atomic E-state index is 0.0859. The molecule has 92 valence electrons. The molecule has 0 radical (unpaired) electrons. The lowest BCUT2D eigenvalue weighted by Crippen LogP contribution is -2.27. The molecule has 0 atom stereocenters. The molecule has 0 aliphatic heterocycles. The van der Waals surface area contributed by atoms with Gasteiger partial charge in [-0.15, -0.1) is 0 Å².